The van der Waals surface area contributed by atoms with Gasteiger partial charge < -0.3 is 20.5 Å². The van der Waals surface area contributed by atoms with E-state index < -0.39 is 0 Å². The first-order valence-electron chi connectivity index (χ1n) is 5.52. The maximum atomic E-state index is 10.9. The second kappa shape index (κ2) is 7.65. The second-order valence-corrected chi connectivity index (χ2v) is 3.52. The van der Waals surface area contributed by atoms with Gasteiger partial charge in [-0.2, -0.15) is 0 Å². The molecule has 0 unspecified atom stereocenters. The highest BCUT2D eigenvalue weighted by Gasteiger charge is 1.97. The number of amides is 1. The summed E-state index contributed by atoms with van der Waals surface area (Å²) < 4.78 is 5.12. The zero-order valence-corrected chi connectivity index (χ0v) is 9.90. The number of anilines is 2. The van der Waals surface area contributed by atoms with E-state index in [1.54, 1.807) is 0 Å². The molecule has 0 fully saturated rings. The van der Waals surface area contributed by atoms with Gasteiger partial charge in [0.2, 0.25) is 5.91 Å². The third-order valence-corrected chi connectivity index (χ3v) is 1.99. The summed E-state index contributed by atoms with van der Waals surface area (Å²) in [6, 6.07) is 7.46. The Balaban J connectivity index is 2.35. The fourth-order valence-electron chi connectivity index (χ4n) is 1.34. The van der Waals surface area contributed by atoms with Gasteiger partial charge in [-0.15, -0.1) is 0 Å². The minimum Gasteiger partial charge on any atom is -0.394 e. The molecule has 0 saturated carbocycles. The van der Waals surface area contributed by atoms with Gasteiger partial charge in [-0.25, -0.2) is 0 Å². The molecule has 0 aliphatic heterocycles. The van der Waals surface area contributed by atoms with Crippen LogP contribution in [0.4, 0.5) is 11.4 Å². The molecule has 5 heteroatoms. The molecule has 1 aromatic carbocycles. The molecule has 0 aliphatic carbocycles. The first-order valence-corrected chi connectivity index (χ1v) is 5.52. The Morgan fingerprint density at radius 1 is 1.35 bits per heavy atom. The molecule has 1 amide bonds. The van der Waals surface area contributed by atoms with Crippen molar-refractivity contribution in [2.45, 2.75) is 6.92 Å². The van der Waals surface area contributed by atoms with Gasteiger partial charge in [-0.3, -0.25) is 4.79 Å². The number of benzene rings is 1. The number of aliphatic hydroxyl groups is 1. The summed E-state index contributed by atoms with van der Waals surface area (Å²) in [5.41, 5.74) is 1.68. The third kappa shape index (κ3) is 5.89. The lowest BCUT2D eigenvalue weighted by atomic mass is 10.2. The highest BCUT2D eigenvalue weighted by atomic mass is 16.5. The number of aliphatic hydroxyl groups excluding tert-OH is 1. The van der Waals surface area contributed by atoms with Crippen LogP contribution in [-0.2, 0) is 9.53 Å². The minimum atomic E-state index is -0.0894. The summed E-state index contributed by atoms with van der Waals surface area (Å²) in [5, 5.41) is 14.4. The molecule has 0 saturated heterocycles. The van der Waals surface area contributed by atoms with Crippen LogP contribution >= 0.6 is 0 Å². The van der Waals surface area contributed by atoms with E-state index in [0.29, 0.717) is 19.8 Å². The Bertz CT molecular complexity index is 355. The van der Waals surface area contributed by atoms with Crippen molar-refractivity contribution in [3.8, 4) is 0 Å². The van der Waals surface area contributed by atoms with E-state index in [1.807, 2.05) is 24.3 Å². The zero-order valence-electron chi connectivity index (χ0n) is 9.90. The topological polar surface area (TPSA) is 70.6 Å². The maximum absolute atomic E-state index is 10.9. The Labute approximate surface area is 101 Å². The molecule has 94 valence electrons. The highest BCUT2D eigenvalue weighted by Crippen LogP contribution is 2.14. The van der Waals surface area contributed by atoms with Gasteiger partial charge in [0, 0.05) is 24.8 Å². The van der Waals surface area contributed by atoms with E-state index in [9.17, 15) is 4.79 Å². The van der Waals surface area contributed by atoms with Crippen LogP contribution in [0.25, 0.3) is 0 Å². The van der Waals surface area contributed by atoms with E-state index >= 15 is 0 Å². The largest absolute Gasteiger partial charge is 0.394 e. The van der Waals surface area contributed by atoms with E-state index in [2.05, 4.69) is 10.6 Å². The van der Waals surface area contributed by atoms with Crippen LogP contribution in [0.5, 0.6) is 0 Å². The molecule has 1 aromatic rings. The molecular formula is C12H18N2O3. The number of hydrogen-bond donors (Lipinski definition) is 3. The lowest BCUT2D eigenvalue weighted by Crippen LogP contribution is -2.11. The summed E-state index contributed by atoms with van der Waals surface area (Å²) in [4.78, 5) is 10.9. The van der Waals surface area contributed by atoms with Gasteiger partial charge >= 0.3 is 0 Å². The molecule has 5 nitrogen and oxygen atoms in total. The van der Waals surface area contributed by atoms with Gasteiger partial charge in [-0.05, 0) is 18.2 Å². The van der Waals surface area contributed by atoms with Gasteiger partial charge in [0.05, 0.1) is 19.8 Å². The fourth-order valence-corrected chi connectivity index (χ4v) is 1.34. The van der Waals surface area contributed by atoms with E-state index in [4.69, 9.17) is 9.84 Å². The second-order valence-electron chi connectivity index (χ2n) is 3.52. The number of carbonyl (C=O) groups excluding carboxylic acids is 1. The van der Waals surface area contributed by atoms with Crippen molar-refractivity contribution in [1.82, 2.24) is 0 Å². The lowest BCUT2D eigenvalue weighted by molar-refractivity contribution is -0.114. The van der Waals surface area contributed by atoms with Crippen LogP contribution in [0.1, 0.15) is 6.92 Å². The van der Waals surface area contributed by atoms with Crippen molar-refractivity contribution < 1.29 is 14.6 Å². The first kappa shape index (κ1) is 13.5. The van der Waals surface area contributed by atoms with Gasteiger partial charge in [0.15, 0.2) is 0 Å². The van der Waals surface area contributed by atoms with Gasteiger partial charge in [0.1, 0.15) is 0 Å². The van der Waals surface area contributed by atoms with E-state index in [1.165, 1.54) is 6.92 Å². The Morgan fingerprint density at radius 3 is 2.82 bits per heavy atom. The molecule has 1 rings (SSSR count). The number of hydrogen-bond acceptors (Lipinski definition) is 4. The normalized spacial score (nSPS) is 10.0. The van der Waals surface area contributed by atoms with E-state index in [0.717, 1.165) is 11.4 Å². The van der Waals surface area contributed by atoms with Crippen LogP contribution in [0.3, 0.4) is 0 Å². The summed E-state index contributed by atoms with van der Waals surface area (Å²) in [6.07, 6.45) is 0. The van der Waals surface area contributed by atoms with Gasteiger partial charge in [-0.1, -0.05) is 6.07 Å². The Morgan fingerprint density at radius 2 is 2.12 bits per heavy atom. The van der Waals surface area contributed by atoms with Crippen LogP contribution in [0, 0.1) is 0 Å². The molecular weight excluding hydrogens is 220 g/mol. The molecule has 0 bridgehead atoms. The van der Waals surface area contributed by atoms with Crippen LogP contribution in [-0.4, -0.2) is 37.4 Å². The van der Waals surface area contributed by atoms with Crippen molar-refractivity contribution in [1.29, 1.82) is 0 Å². The zero-order chi connectivity index (χ0) is 12.5. The predicted octanol–water partition coefficient (Wildman–Crippen LogP) is 1.07. The van der Waals surface area contributed by atoms with Crippen molar-refractivity contribution in [3.05, 3.63) is 24.3 Å². The quantitative estimate of drug-likeness (QED) is 0.621. The first-order chi connectivity index (χ1) is 8.22. The van der Waals surface area contributed by atoms with Gasteiger partial charge in [0.25, 0.3) is 0 Å². The van der Waals surface area contributed by atoms with Crippen molar-refractivity contribution in [3.63, 3.8) is 0 Å². The number of carbonyl (C=O) groups is 1. The van der Waals surface area contributed by atoms with Crippen molar-refractivity contribution >= 4 is 17.3 Å². The molecule has 0 aliphatic rings. The molecule has 0 atom stereocenters. The summed E-state index contributed by atoms with van der Waals surface area (Å²) in [6.45, 7) is 3.06. The molecule has 3 N–H and O–H groups in total. The standard InChI is InChI=1S/C12H18N2O3/c1-10(16)14-12-4-2-3-11(9-12)13-5-7-17-8-6-15/h2-4,9,13,15H,5-8H2,1H3,(H,14,16). The minimum absolute atomic E-state index is 0.0397. The monoisotopic (exact) mass is 238 g/mol. The number of nitrogens with one attached hydrogen (secondary N) is 2. The molecule has 0 spiro atoms. The average Bonchev–Trinajstić information content (AvgIpc) is 2.28. The summed E-state index contributed by atoms with van der Waals surface area (Å²) >= 11 is 0. The van der Waals surface area contributed by atoms with Crippen LogP contribution < -0.4 is 10.6 Å². The fraction of sp³-hybridized carbons (Fsp3) is 0.417. The van der Waals surface area contributed by atoms with Crippen molar-refractivity contribution in [2.24, 2.45) is 0 Å². The Hall–Kier alpha value is -1.59. The molecule has 17 heavy (non-hydrogen) atoms. The van der Waals surface area contributed by atoms with Crippen molar-refractivity contribution in [2.75, 3.05) is 37.0 Å². The van der Waals surface area contributed by atoms with E-state index in [-0.39, 0.29) is 12.5 Å². The maximum Gasteiger partial charge on any atom is 0.221 e. The summed E-state index contributed by atoms with van der Waals surface area (Å²) in [5.74, 6) is -0.0894. The van der Waals surface area contributed by atoms with Crippen LogP contribution in [0.2, 0.25) is 0 Å². The average molecular weight is 238 g/mol. The molecule has 0 aromatic heterocycles. The SMILES string of the molecule is CC(=O)Nc1cccc(NCCOCCO)c1. The smallest absolute Gasteiger partial charge is 0.221 e. The Kier molecular flexibility index (Phi) is 6.06. The predicted molar refractivity (Wildman–Crippen MR) is 67.1 cm³/mol. The third-order valence-electron chi connectivity index (χ3n) is 1.99. The number of rotatable bonds is 7. The van der Waals surface area contributed by atoms with Crippen LogP contribution in [0.15, 0.2) is 24.3 Å². The number of ether oxygens (including phenoxy) is 1. The molecule has 0 heterocycles. The molecule has 0 radical (unpaired) electrons. The summed E-state index contributed by atoms with van der Waals surface area (Å²) in [7, 11) is 0. The lowest BCUT2D eigenvalue weighted by Gasteiger charge is -2.08. The highest BCUT2D eigenvalue weighted by molar-refractivity contribution is 5.89.